The van der Waals surface area contributed by atoms with Crippen LogP contribution < -0.4 is 9.64 Å². The standard InChI is InChI=1S/C25H24ClN5O2/c1-18-2-8-24-28-21(16-31(24)15-18)17-33-22-6-3-19(4-7-22)25(32)30-12-10-29(11-13-30)23-9-5-20(26)14-27-23/h2-9,14-16H,10-13,17H2,1H3. The number of fused-ring (bicyclic) bond motifs is 1. The first kappa shape index (κ1) is 21.3. The number of aryl methyl sites for hydroxylation is 1. The van der Waals surface area contributed by atoms with Crippen molar-refractivity contribution in [1.29, 1.82) is 0 Å². The molecule has 3 aromatic heterocycles. The van der Waals surface area contributed by atoms with E-state index in [-0.39, 0.29) is 5.91 Å². The lowest BCUT2D eigenvalue weighted by molar-refractivity contribution is 0.0746. The molecule has 0 N–H and O–H groups in total. The Labute approximate surface area is 197 Å². The number of hydrogen-bond donors (Lipinski definition) is 0. The molecule has 1 amide bonds. The van der Waals surface area contributed by atoms with Crippen LogP contribution in [0.15, 0.2) is 67.1 Å². The number of amides is 1. The van der Waals surface area contributed by atoms with Gasteiger partial charge in [0.25, 0.3) is 5.91 Å². The number of imidazole rings is 1. The lowest BCUT2D eigenvalue weighted by Crippen LogP contribution is -2.49. The summed E-state index contributed by atoms with van der Waals surface area (Å²) in [5.74, 6) is 1.62. The maximum absolute atomic E-state index is 12.9. The van der Waals surface area contributed by atoms with Gasteiger partial charge in [-0.2, -0.15) is 0 Å². The van der Waals surface area contributed by atoms with Gasteiger partial charge in [-0.1, -0.05) is 17.7 Å². The van der Waals surface area contributed by atoms with Gasteiger partial charge in [-0.25, -0.2) is 9.97 Å². The van der Waals surface area contributed by atoms with E-state index in [0.29, 0.717) is 36.0 Å². The first-order valence-electron chi connectivity index (χ1n) is 10.9. The molecule has 5 rings (SSSR count). The highest BCUT2D eigenvalue weighted by atomic mass is 35.5. The number of aromatic nitrogens is 3. The van der Waals surface area contributed by atoms with Crippen LogP contribution in [0.3, 0.4) is 0 Å². The molecular weight excluding hydrogens is 438 g/mol. The first-order chi connectivity index (χ1) is 16.0. The quantitative estimate of drug-likeness (QED) is 0.445. The van der Waals surface area contributed by atoms with Crippen LogP contribution >= 0.6 is 11.6 Å². The molecule has 0 spiro atoms. The molecule has 0 aliphatic carbocycles. The third-order valence-corrected chi connectivity index (χ3v) is 5.96. The van der Waals surface area contributed by atoms with Gasteiger partial charge in [-0.15, -0.1) is 0 Å². The van der Waals surface area contributed by atoms with E-state index < -0.39 is 0 Å². The van der Waals surface area contributed by atoms with Gasteiger partial charge < -0.3 is 18.9 Å². The lowest BCUT2D eigenvalue weighted by Gasteiger charge is -2.35. The van der Waals surface area contributed by atoms with Gasteiger partial charge in [0.05, 0.1) is 10.7 Å². The average Bonchev–Trinajstić information content (AvgIpc) is 3.25. The fraction of sp³-hybridized carbons (Fsp3) is 0.240. The summed E-state index contributed by atoms with van der Waals surface area (Å²) in [6, 6.07) is 15.1. The van der Waals surface area contributed by atoms with Crippen molar-refractivity contribution < 1.29 is 9.53 Å². The van der Waals surface area contributed by atoms with Gasteiger partial charge in [-0.3, -0.25) is 4.79 Å². The smallest absolute Gasteiger partial charge is 0.253 e. The van der Waals surface area contributed by atoms with Crippen LogP contribution in [0, 0.1) is 6.92 Å². The second-order valence-corrected chi connectivity index (χ2v) is 8.57. The summed E-state index contributed by atoms with van der Waals surface area (Å²) in [4.78, 5) is 25.9. The molecule has 0 saturated carbocycles. The Morgan fingerprint density at radius 1 is 1.00 bits per heavy atom. The van der Waals surface area contributed by atoms with E-state index >= 15 is 0 Å². The molecule has 1 saturated heterocycles. The molecule has 33 heavy (non-hydrogen) atoms. The normalized spacial score (nSPS) is 14.0. The minimum Gasteiger partial charge on any atom is -0.487 e. The Kier molecular flexibility index (Phi) is 5.88. The molecule has 0 unspecified atom stereocenters. The topological polar surface area (TPSA) is 63.0 Å². The highest BCUT2D eigenvalue weighted by Gasteiger charge is 2.23. The van der Waals surface area contributed by atoms with Crippen LogP contribution in [0.5, 0.6) is 5.75 Å². The molecule has 0 atom stereocenters. The van der Waals surface area contributed by atoms with Crippen molar-refractivity contribution in [2.75, 3.05) is 31.1 Å². The number of carbonyl (C=O) groups excluding carboxylic acids is 1. The summed E-state index contributed by atoms with van der Waals surface area (Å²) in [5.41, 5.74) is 3.58. The SMILES string of the molecule is Cc1ccc2nc(COc3ccc(C(=O)N4CCN(c5ccc(Cl)cn5)CC4)cc3)cn2c1. The van der Waals surface area contributed by atoms with E-state index in [1.807, 2.05) is 70.2 Å². The van der Waals surface area contributed by atoms with Crippen molar-refractivity contribution in [3.63, 3.8) is 0 Å². The molecule has 168 valence electrons. The number of pyridine rings is 2. The third kappa shape index (κ3) is 4.78. The molecular formula is C25H24ClN5O2. The van der Waals surface area contributed by atoms with Crippen molar-refractivity contribution in [1.82, 2.24) is 19.3 Å². The van der Waals surface area contributed by atoms with Crippen LogP contribution in [0.25, 0.3) is 5.65 Å². The molecule has 0 radical (unpaired) electrons. The van der Waals surface area contributed by atoms with Crippen molar-refractivity contribution in [3.05, 3.63) is 89.0 Å². The number of halogens is 1. The summed E-state index contributed by atoms with van der Waals surface area (Å²) < 4.78 is 7.88. The molecule has 1 fully saturated rings. The van der Waals surface area contributed by atoms with Gasteiger partial charge in [0.1, 0.15) is 23.8 Å². The van der Waals surface area contributed by atoms with Crippen LogP contribution in [-0.4, -0.2) is 51.4 Å². The van der Waals surface area contributed by atoms with Crippen molar-refractivity contribution in [3.8, 4) is 5.75 Å². The number of anilines is 1. The minimum absolute atomic E-state index is 0.0287. The van der Waals surface area contributed by atoms with Crippen molar-refractivity contribution >= 4 is 29.0 Å². The van der Waals surface area contributed by atoms with Gasteiger partial charge in [0, 0.05) is 50.3 Å². The Balaban J connectivity index is 1.16. The molecule has 1 aliphatic rings. The molecule has 1 aromatic carbocycles. The Hall–Kier alpha value is -3.58. The third-order valence-electron chi connectivity index (χ3n) is 5.74. The number of benzene rings is 1. The molecule has 1 aliphatic heterocycles. The predicted octanol–water partition coefficient (Wildman–Crippen LogP) is 4.23. The number of carbonyl (C=O) groups is 1. The molecule has 4 heterocycles. The zero-order valence-corrected chi connectivity index (χ0v) is 19.1. The highest BCUT2D eigenvalue weighted by molar-refractivity contribution is 6.30. The monoisotopic (exact) mass is 461 g/mol. The van der Waals surface area contributed by atoms with E-state index in [9.17, 15) is 4.79 Å². The van der Waals surface area contributed by atoms with E-state index in [4.69, 9.17) is 16.3 Å². The van der Waals surface area contributed by atoms with Crippen molar-refractivity contribution in [2.45, 2.75) is 13.5 Å². The van der Waals surface area contributed by atoms with Crippen LogP contribution in [0.2, 0.25) is 5.02 Å². The zero-order valence-electron chi connectivity index (χ0n) is 18.3. The summed E-state index contributed by atoms with van der Waals surface area (Å²) in [5, 5.41) is 0.619. The van der Waals surface area contributed by atoms with Gasteiger partial charge >= 0.3 is 0 Å². The fourth-order valence-corrected chi connectivity index (χ4v) is 4.06. The molecule has 0 bridgehead atoms. The Morgan fingerprint density at radius 2 is 1.79 bits per heavy atom. The summed E-state index contributed by atoms with van der Waals surface area (Å²) in [6.07, 6.45) is 5.66. The summed E-state index contributed by atoms with van der Waals surface area (Å²) >= 11 is 5.92. The molecule has 7 nitrogen and oxygen atoms in total. The van der Waals surface area contributed by atoms with Gasteiger partial charge in [0.15, 0.2) is 0 Å². The van der Waals surface area contributed by atoms with E-state index in [1.165, 1.54) is 5.56 Å². The summed E-state index contributed by atoms with van der Waals surface area (Å²) in [7, 11) is 0. The number of nitrogens with zero attached hydrogens (tertiary/aromatic N) is 5. The lowest BCUT2D eigenvalue weighted by atomic mass is 10.1. The second kappa shape index (κ2) is 9.11. The predicted molar refractivity (Wildman–Crippen MR) is 128 cm³/mol. The number of piperazine rings is 1. The minimum atomic E-state index is 0.0287. The summed E-state index contributed by atoms with van der Waals surface area (Å²) in [6.45, 7) is 5.19. The van der Waals surface area contributed by atoms with Gasteiger partial charge in [0.2, 0.25) is 0 Å². The van der Waals surface area contributed by atoms with E-state index in [2.05, 4.69) is 21.8 Å². The zero-order chi connectivity index (χ0) is 22.8. The number of rotatable bonds is 5. The second-order valence-electron chi connectivity index (χ2n) is 8.13. The maximum Gasteiger partial charge on any atom is 0.253 e. The Morgan fingerprint density at radius 3 is 2.52 bits per heavy atom. The van der Waals surface area contributed by atoms with E-state index in [1.54, 1.807) is 6.20 Å². The van der Waals surface area contributed by atoms with Crippen molar-refractivity contribution in [2.24, 2.45) is 0 Å². The van der Waals surface area contributed by atoms with Crippen LogP contribution in [0.4, 0.5) is 5.82 Å². The number of hydrogen-bond acceptors (Lipinski definition) is 5. The highest BCUT2D eigenvalue weighted by Crippen LogP contribution is 2.19. The largest absolute Gasteiger partial charge is 0.487 e. The maximum atomic E-state index is 12.9. The first-order valence-corrected chi connectivity index (χ1v) is 11.3. The van der Waals surface area contributed by atoms with Crippen LogP contribution in [0.1, 0.15) is 21.6 Å². The van der Waals surface area contributed by atoms with Gasteiger partial charge in [-0.05, 0) is 55.0 Å². The average molecular weight is 462 g/mol. The van der Waals surface area contributed by atoms with E-state index in [0.717, 1.165) is 30.2 Å². The fourth-order valence-electron chi connectivity index (χ4n) is 3.95. The Bertz CT molecular complexity index is 1260. The molecule has 8 heteroatoms. The van der Waals surface area contributed by atoms with Crippen LogP contribution in [-0.2, 0) is 6.61 Å². The molecule has 4 aromatic rings. The number of ether oxygens (including phenoxy) is 1.